The molecule has 4 rings (SSSR count). The fourth-order valence-corrected chi connectivity index (χ4v) is 3.50. The van der Waals surface area contributed by atoms with Crippen molar-refractivity contribution < 1.29 is 13.2 Å². The first kappa shape index (κ1) is 19.6. The van der Waals surface area contributed by atoms with Gasteiger partial charge in [-0.1, -0.05) is 18.2 Å². The van der Waals surface area contributed by atoms with Crippen molar-refractivity contribution in [2.24, 2.45) is 10.2 Å². The fraction of sp³-hybridized carbons (Fsp3) is 0.150. The van der Waals surface area contributed by atoms with Crippen LogP contribution in [0.2, 0.25) is 0 Å². The van der Waals surface area contributed by atoms with E-state index < -0.39 is 9.84 Å². The van der Waals surface area contributed by atoms with Crippen molar-refractivity contribution in [1.82, 2.24) is 19.7 Å². The van der Waals surface area contributed by atoms with Crippen molar-refractivity contribution in [3.8, 4) is 11.4 Å². The molecule has 0 spiro atoms. The lowest BCUT2D eigenvalue weighted by Crippen LogP contribution is -1.98. The third-order valence-corrected chi connectivity index (χ3v) is 5.54. The van der Waals surface area contributed by atoms with E-state index in [1.165, 1.54) is 12.6 Å². The van der Waals surface area contributed by atoms with Gasteiger partial charge < -0.3 is 4.74 Å². The Labute approximate surface area is 173 Å². The average Bonchev–Trinajstić information content (AvgIpc) is 3.18. The Morgan fingerprint density at radius 3 is 2.63 bits per heavy atom. The molecule has 9 nitrogen and oxygen atoms in total. The van der Waals surface area contributed by atoms with Crippen LogP contribution in [0.4, 0.5) is 5.82 Å². The molecule has 0 fully saturated rings. The molecule has 0 radical (unpaired) electrons. The SMILES string of the molecule is COc1cccc(-n2ncc3c(N=NCc4ccc(S(C)(=O)=O)cc4)ncnc32)c1. The second-order valence-corrected chi connectivity index (χ2v) is 8.52. The van der Waals surface area contributed by atoms with Crippen LogP contribution in [0.25, 0.3) is 16.7 Å². The molecule has 0 atom stereocenters. The van der Waals surface area contributed by atoms with Crippen molar-refractivity contribution in [2.75, 3.05) is 13.4 Å². The van der Waals surface area contributed by atoms with Crippen molar-refractivity contribution in [2.45, 2.75) is 11.4 Å². The molecule has 152 valence electrons. The Kier molecular flexibility index (Phi) is 5.23. The van der Waals surface area contributed by atoms with Crippen molar-refractivity contribution in [3.05, 3.63) is 66.6 Å². The minimum absolute atomic E-state index is 0.269. The number of methoxy groups -OCH3 is 1. The van der Waals surface area contributed by atoms with Crippen LogP contribution in [0.3, 0.4) is 0 Å². The van der Waals surface area contributed by atoms with Crippen LogP contribution >= 0.6 is 0 Å². The highest BCUT2D eigenvalue weighted by Crippen LogP contribution is 2.25. The third-order valence-electron chi connectivity index (χ3n) is 4.41. The van der Waals surface area contributed by atoms with Gasteiger partial charge in [-0.2, -0.15) is 10.2 Å². The molecular formula is C20H18N6O3S. The molecule has 0 saturated heterocycles. The quantitative estimate of drug-likeness (QED) is 0.440. The van der Waals surface area contributed by atoms with Crippen LogP contribution in [0.1, 0.15) is 5.56 Å². The molecule has 30 heavy (non-hydrogen) atoms. The van der Waals surface area contributed by atoms with Crippen LogP contribution in [-0.2, 0) is 16.4 Å². The molecule has 0 saturated carbocycles. The molecule has 4 aromatic rings. The minimum atomic E-state index is -3.22. The number of ether oxygens (including phenoxy) is 1. The Hall–Kier alpha value is -3.66. The van der Waals surface area contributed by atoms with Gasteiger partial charge in [-0.25, -0.2) is 23.1 Å². The normalized spacial score (nSPS) is 11.9. The number of rotatable bonds is 6. The maximum Gasteiger partial charge on any atom is 0.188 e. The Morgan fingerprint density at radius 1 is 1.10 bits per heavy atom. The van der Waals surface area contributed by atoms with E-state index in [9.17, 15) is 8.42 Å². The first-order valence-electron chi connectivity index (χ1n) is 8.95. The summed E-state index contributed by atoms with van der Waals surface area (Å²) in [6.07, 6.45) is 4.23. The summed E-state index contributed by atoms with van der Waals surface area (Å²) in [5.74, 6) is 1.12. The summed E-state index contributed by atoms with van der Waals surface area (Å²) in [6.45, 7) is 0.291. The van der Waals surface area contributed by atoms with Gasteiger partial charge in [0, 0.05) is 12.3 Å². The van der Waals surface area contributed by atoms with Crippen LogP contribution < -0.4 is 4.74 Å². The van der Waals surface area contributed by atoms with Crippen molar-refractivity contribution in [1.29, 1.82) is 0 Å². The number of nitrogens with zero attached hydrogens (tertiary/aromatic N) is 6. The van der Waals surface area contributed by atoms with Gasteiger partial charge in [0.25, 0.3) is 0 Å². The van der Waals surface area contributed by atoms with Gasteiger partial charge in [-0.15, -0.1) is 5.11 Å². The van der Waals surface area contributed by atoms with Gasteiger partial charge in [-0.3, -0.25) is 0 Å². The topological polar surface area (TPSA) is 112 Å². The molecule has 0 amide bonds. The number of benzene rings is 2. The van der Waals surface area contributed by atoms with Crippen molar-refractivity contribution in [3.63, 3.8) is 0 Å². The Balaban J connectivity index is 1.58. The molecule has 0 aliphatic rings. The summed E-state index contributed by atoms with van der Waals surface area (Å²) in [7, 11) is -1.61. The summed E-state index contributed by atoms with van der Waals surface area (Å²) in [6, 6.07) is 14.0. The lowest BCUT2D eigenvalue weighted by atomic mass is 10.2. The monoisotopic (exact) mass is 422 g/mol. The first-order chi connectivity index (χ1) is 14.5. The van der Waals surface area contributed by atoms with E-state index in [1.54, 1.807) is 42.3 Å². The summed E-state index contributed by atoms with van der Waals surface area (Å²) in [5, 5.41) is 13.5. The highest BCUT2D eigenvalue weighted by molar-refractivity contribution is 7.90. The lowest BCUT2D eigenvalue weighted by molar-refractivity contribution is 0.414. The van der Waals surface area contributed by atoms with E-state index in [4.69, 9.17) is 4.74 Å². The number of sulfone groups is 1. The number of azo groups is 1. The zero-order valence-electron chi connectivity index (χ0n) is 16.3. The van der Waals surface area contributed by atoms with Crippen LogP contribution in [0, 0.1) is 0 Å². The molecule has 0 N–H and O–H groups in total. The van der Waals surface area contributed by atoms with E-state index in [-0.39, 0.29) is 4.90 Å². The van der Waals surface area contributed by atoms with Gasteiger partial charge in [0.1, 0.15) is 12.1 Å². The predicted octanol–water partition coefficient (Wildman–Crippen LogP) is 3.51. The number of hydrogen-bond acceptors (Lipinski definition) is 8. The largest absolute Gasteiger partial charge is 0.497 e. The standard InChI is InChI=1S/C20H18N6O3S/c1-29-16-5-3-4-15(10-16)26-20-18(12-24-26)19(21-13-22-20)25-23-11-14-6-8-17(9-7-14)30(2,27)28/h3-10,12-13H,11H2,1-2H3. The number of fused-ring (bicyclic) bond motifs is 1. The smallest absolute Gasteiger partial charge is 0.188 e. The zero-order valence-corrected chi connectivity index (χ0v) is 17.1. The third kappa shape index (κ3) is 4.03. The average molecular weight is 422 g/mol. The summed E-state index contributed by atoms with van der Waals surface area (Å²) >= 11 is 0. The van der Waals surface area contributed by atoms with Crippen LogP contribution in [0.15, 0.2) is 76.2 Å². The van der Waals surface area contributed by atoms with E-state index >= 15 is 0 Å². The van der Waals surface area contributed by atoms with Gasteiger partial charge in [0.15, 0.2) is 21.3 Å². The molecule has 10 heteroatoms. The summed E-state index contributed by atoms with van der Waals surface area (Å²) in [5.41, 5.74) is 2.24. The van der Waals surface area contributed by atoms with E-state index in [2.05, 4.69) is 25.3 Å². The first-order valence-corrected chi connectivity index (χ1v) is 10.8. The zero-order chi connectivity index (χ0) is 21.1. The maximum atomic E-state index is 11.5. The molecule has 2 heterocycles. The van der Waals surface area contributed by atoms with Gasteiger partial charge in [0.05, 0.1) is 35.8 Å². The number of aromatic nitrogens is 4. The molecule has 2 aromatic heterocycles. The predicted molar refractivity (Wildman–Crippen MR) is 111 cm³/mol. The van der Waals surface area contributed by atoms with Gasteiger partial charge in [-0.05, 0) is 29.8 Å². The van der Waals surface area contributed by atoms with E-state index in [1.807, 2.05) is 24.3 Å². The molecule has 0 bridgehead atoms. The number of hydrogen-bond donors (Lipinski definition) is 0. The summed E-state index contributed by atoms with van der Waals surface area (Å²) < 4.78 is 30.0. The van der Waals surface area contributed by atoms with Crippen LogP contribution in [0.5, 0.6) is 5.75 Å². The lowest BCUT2D eigenvalue weighted by Gasteiger charge is -2.05. The highest BCUT2D eigenvalue weighted by atomic mass is 32.2. The maximum absolute atomic E-state index is 11.5. The molecule has 2 aromatic carbocycles. The van der Waals surface area contributed by atoms with Gasteiger partial charge >= 0.3 is 0 Å². The van der Waals surface area contributed by atoms with E-state index in [0.29, 0.717) is 29.1 Å². The second-order valence-electron chi connectivity index (χ2n) is 6.51. The molecule has 0 aliphatic carbocycles. The minimum Gasteiger partial charge on any atom is -0.497 e. The molecular weight excluding hydrogens is 404 g/mol. The highest BCUT2D eigenvalue weighted by Gasteiger charge is 2.11. The second kappa shape index (κ2) is 7.99. The summed E-state index contributed by atoms with van der Waals surface area (Å²) in [4.78, 5) is 8.79. The van der Waals surface area contributed by atoms with Gasteiger partial charge in [0.2, 0.25) is 0 Å². The molecule has 0 aliphatic heterocycles. The Morgan fingerprint density at radius 2 is 1.90 bits per heavy atom. The Bertz CT molecular complexity index is 1330. The molecule has 0 unspecified atom stereocenters. The van der Waals surface area contributed by atoms with Crippen molar-refractivity contribution >= 4 is 26.7 Å². The fourth-order valence-electron chi connectivity index (χ4n) is 2.87. The van der Waals surface area contributed by atoms with Crippen LogP contribution in [-0.4, -0.2) is 41.5 Å². The van der Waals surface area contributed by atoms with E-state index in [0.717, 1.165) is 11.3 Å².